The van der Waals surface area contributed by atoms with E-state index >= 15 is 0 Å². The van der Waals surface area contributed by atoms with E-state index in [-0.39, 0.29) is 6.04 Å². The summed E-state index contributed by atoms with van der Waals surface area (Å²) in [6.45, 7) is 0. The van der Waals surface area contributed by atoms with Gasteiger partial charge < -0.3 is 10.8 Å². The highest BCUT2D eigenvalue weighted by Gasteiger charge is 2.09. The smallest absolute Gasteiger partial charge is 0.123 e. The van der Waals surface area contributed by atoms with Crippen molar-refractivity contribution >= 4 is 22.5 Å². The molecular formula is C18H17NOS. The molecule has 0 saturated carbocycles. The molecule has 3 heteroatoms. The predicted octanol–water partition coefficient (Wildman–Crippen LogP) is 4.34. The van der Waals surface area contributed by atoms with E-state index in [1.54, 1.807) is 17.8 Å². The van der Waals surface area contributed by atoms with Gasteiger partial charge in [-0.3, -0.25) is 0 Å². The summed E-state index contributed by atoms with van der Waals surface area (Å²) in [6, 6.07) is 21.7. The van der Waals surface area contributed by atoms with Crippen LogP contribution in [0.1, 0.15) is 11.6 Å². The van der Waals surface area contributed by atoms with Gasteiger partial charge in [0.15, 0.2) is 0 Å². The summed E-state index contributed by atoms with van der Waals surface area (Å²) in [5.41, 5.74) is 7.39. The number of phenolic OH excluding ortho intramolecular Hbond substituents is 1. The van der Waals surface area contributed by atoms with Crippen LogP contribution in [0.15, 0.2) is 71.6 Å². The Labute approximate surface area is 128 Å². The van der Waals surface area contributed by atoms with Gasteiger partial charge in [0.2, 0.25) is 0 Å². The number of hydrogen-bond acceptors (Lipinski definition) is 3. The van der Waals surface area contributed by atoms with Crippen molar-refractivity contribution in [1.29, 1.82) is 0 Å². The number of hydrogen-bond donors (Lipinski definition) is 2. The predicted molar refractivity (Wildman–Crippen MR) is 89.7 cm³/mol. The van der Waals surface area contributed by atoms with E-state index in [2.05, 4.69) is 12.1 Å². The quantitative estimate of drug-likeness (QED) is 0.704. The Morgan fingerprint density at radius 1 is 0.857 bits per heavy atom. The van der Waals surface area contributed by atoms with E-state index in [4.69, 9.17) is 5.73 Å². The van der Waals surface area contributed by atoms with Gasteiger partial charge in [-0.05, 0) is 23.1 Å². The van der Waals surface area contributed by atoms with Gasteiger partial charge in [0.05, 0.1) is 0 Å². The molecule has 0 heterocycles. The Hall–Kier alpha value is -1.97. The maximum atomic E-state index is 9.92. The van der Waals surface area contributed by atoms with Crippen LogP contribution in [0.25, 0.3) is 10.8 Å². The standard InChI is InChI=1S/C18H17NOS/c19-16(13-6-2-1-3-7-13)12-21-18-11-10-17(20)14-8-4-5-9-15(14)18/h1-11,16,20H,12,19H2. The van der Waals surface area contributed by atoms with Crippen LogP contribution >= 0.6 is 11.8 Å². The van der Waals surface area contributed by atoms with E-state index in [0.717, 1.165) is 27.0 Å². The van der Waals surface area contributed by atoms with Gasteiger partial charge in [-0.15, -0.1) is 11.8 Å². The molecule has 0 aliphatic rings. The van der Waals surface area contributed by atoms with Gasteiger partial charge in [-0.25, -0.2) is 0 Å². The average Bonchev–Trinajstić information content (AvgIpc) is 2.55. The van der Waals surface area contributed by atoms with Crippen molar-refractivity contribution in [3.05, 3.63) is 72.3 Å². The molecule has 0 saturated heterocycles. The molecule has 3 N–H and O–H groups in total. The molecule has 0 bridgehead atoms. The molecule has 0 spiro atoms. The molecule has 0 aliphatic heterocycles. The summed E-state index contributed by atoms with van der Waals surface area (Å²) in [5.74, 6) is 1.13. The number of benzene rings is 3. The van der Waals surface area contributed by atoms with Gasteiger partial charge in [-0.2, -0.15) is 0 Å². The molecule has 0 fully saturated rings. The highest BCUT2D eigenvalue weighted by Crippen LogP contribution is 2.34. The molecule has 0 aromatic heterocycles. The molecule has 1 unspecified atom stereocenters. The third kappa shape index (κ3) is 3.04. The minimum Gasteiger partial charge on any atom is -0.507 e. The fourth-order valence-electron chi connectivity index (χ4n) is 2.36. The SMILES string of the molecule is NC(CSc1ccc(O)c2ccccc12)c1ccccc1. The van der Waals surface area contributed by atoms with Gasteiger partial charge in [-0.1, -0.05) is 54.6 Å². The van der Waals surface area contributed by atoms with Gasteiger partial charge >= 0.3 is 0 Å². The molecule has 3 aromatic carbocycles. The largest absolute Gasteiger partial charge is 0.507 e. The lowest BCUT2D eigenvalue weighted by atomic mass is 10.1. The molecule has 3 rings (SSSR count). The zero-order chi connectivity index (χ0) is 14.7. The van der Waals surface area contributed by atoms with E-state index < -0.39 is 0 Å². The van der Waals surface area contributed by atoms with Crippen LogP contribution in [0.3, 0.4) is 0 Å². The van der Waals surface area contributed by atoms with Crippen molar-refractivity contribution in [1.82, 2.24) is 0 Å². The lowest BCUT2D eigenvalue weighted by Crippen LogP contribution is -2.12. The first-order chi connectivity index (χ1) is 10.3. The van der Waals surface area contributed by atoms with E-state index in [1.165, 1.54) is 0 Å². The summed E-state index contributed by atoms with van der Waals surface area (Å²) in [6.07, 6.45) is 0. The molecule has 0 amide bonds. The van der Waals surface area contributed by atoms with Crippen LogP contribution in [0.2, 0.25) is 0 Å². The van der Waals surface area contributed by atoms with Crippen molar-refractivity contribution < 1.29 is 5.11 Å². The molecular weight excluding hydrogens is 278 g/mol. The van der Waals surface area contributed by atoms with E-state index in [0.29, 0.717) is 5.75 Å². The van der Waals surface area contributed by atoms with Crippen molar-refractivity contribution in [2.45, 2.75) is 10.9 Å². The van der Waals surface area contributed by atoms with Gasteiger partial charge in [0.25, 0.3) is 0 Å². The van der Waals surface area contributed by atoms with Crippen LogP contribution < -0.4 is 5.73 Å². The van der Waals surface area contributed by atoms with Crippen molar-refractivity contribution in [2.75, 3.05) is 5.75 Å². The zero-order valence-corrected chi connectivity index (χ0v) is 12.4. The first kappa shape index (κ1) is 14.0. The Balaban J connectivity index is 1.81. The Bertz CT molecular complexity index is 743. The zero-order valence-electron chi connectivity index (χ0n) is 11.6. The third-order valence-corrected chi connectivity index (χ3v) is 4.70. The van der Waals surface area contributed by atoms with Crippen LogP contribution in [0.5, 0.6) is 5.75 Å². The number of thioether (sulfide) groups is 1. The summed E-state index contributed by atoms with van der Waals surface area (Å²) >= 11 is 1.73. The first-order valence-electron chi connectivity index (χ1n) is 6.90. The molecule has 1 atom stereocenters. The highest BCUT2D eigenvalue weighted by molar-refractivity contribution is 7.99. The number of phenols is 1. The first-order valence-corrected chi connectivity index (χ1v) is 7.88. The Morgan fingerprint density at radius 3 is 2.29 bits per heavy atom. The highest BCUT2D eigenvalue weighted by atomic mass is 32.2. The molecule has 106 valence electrons. The number of rotatable bonds is 4. The second-order valence-electron chi connectivity index (χ2n) is 4.96. The maximum Gasteiger partial charge on any atom is 0.123 e. The van der Waals surface area contributed by atoms with E-state index in [9.17, 15) is 5.11 Å². The lowest BCUT2D eigenvalue weighted by molar-refractivity contribution is 0.481. The number of aromatic hydroxyl groups is 1. The lowest BCUT2D eigenvalue weighted by Gasteiger charge is -2.13. The molecule has 2 nitrogen and oxygen atoms in total. The Kier molecular flexibility index (Phi) is 4.13. The van der Waals surface area contributed by atoms with Crippen molar-refractivity contribution in [2.24, 2.45) is 5.73 Å². The maximum absolute atomic E-state index is 9.92. The van der Waals surface area contributed by atoms with Crippen LogP contribution in [0, 0.1) is 0 Å². The normalized spacial score (nSPS) is 12.4. The summed E-state index contributed by atoms with van der Waals surface area (Å²) in [7, 11) is 0. The minimum absolute atomic E-state index is 0.00349. The fraction of sp³-hybridized carbons (Fsp3) is 0.111. The number of fused-ring (bicyclic) bond motifs is 1. The van der Waals surface area contributed by atoms with Crippen LogP contribution in [-0.2, 0) is 0 Å². The van der Waals surface area contributed by atoms with Crippen LogP contribution in [0.4, 0.5) is 0 Å². The molecule has 0 radical (unpaired) electrons. The molecule has 0 aliphatic carbocycles. The van der Waals surface area contributed by atoms with Gasteiger partial charge in [0, 0.05) is 22.1 Å². The van der Waals surface area contributed by atoms with Gasteiger partial charge in [0.1, 0.15) is 5.75 Å². The Morgan fingerprint density at radius 2 is 1.52 bits per heavy atom. The summed E-state index contributed by atoms with van der Waals surface area (Å²) in [4.78, 5) is 1.15. The average molecular weight is 295 g/mol. The van der Waals surface area contributed by atoms with Crippen molar-refractivity contribution in [3.8, 4) is 5.75 Å². The second kappa shape index (κ2) is 6.20. The second-order valence-corrected chi connectivity index (χ2v) is 6.02. The third-order valence-electron chi connectivity index (χ3n) is 3.51. The number of nitrogens with two attached hydrogens (primary N) is 1. The monoisotopic (exact) mass is 295 g/mol. The summed E-state index contributed by atoms with van der Waals surface area (Å²) in [5, 5.41) is 11.9. The van der Waals surface area contributed by atoms with Crippen molar-refractivity contribution in [3.63, 3.8) is 0 Å². The molecule has 21 heavy (non-hydrogen) atoms. The topological polar surface area (TPSA) is 46.2 Å². The fourth-order valence-corrected chi connectivity index (χ4v) is 3.41. The van der Waals surface area contributed by atoms with Crippen LogP contribution in [-0.4, -0.2) is 10.9 Å². The molecule has 3 aromatic rings. The minimum atomic E-state index is 0.00349. The van der Waals surface area contributed by atoms with E-state index in [1.807, 2.05) is 48.5 Å². The summed E-state index contributed by atoms with van der Waals surface area (Å²) < 4.78 is 0.